The molecule has 0 aliphatic carbocycles. The van der Waals surface area contributed by atoms with Crippen LogP contribution < -0.4 is 5.32 Å². The third-order valence-corrected chi connectivity index (χ3v) is 4.21. The number of nitrogens with one attached hydrogen (secondary N) is 1. The van der Waals surface area contributed by atoms with Crippen molar-refractivity contribution >= 4 is 11.3 Å². The van der Waals surface area contributed by atoms with E-state index in [1.54, 1.807) is 11.3 Å². The quantitative estimate of drug-likeness (QED) is 0.870. The van der Waals surface area contributed by atoms with Crippen molar-refractivity contribution in [1.82, 2.24) is 15.2 Å². The molecule has 1 fully saturated rings. The average Bonchev–Trinajstić information content (AvgIpc) is 2.86. The van der Waals surface area contributed by atoms with Gasteiger partial charge >= 0.3 is 0 Å². The fourth-order valence-corrected chi connectivity index (χ4v) is 3.09. The van der Waals surface area contributed by atoms with Crippen LogP contribution in [-0.4, -0.2) is 42.2 Å². The van der Waals surface area contributed by atoms with Gasteiger partial charge in [-0.2, -0.15) is 0 Å². The number of morpholine rings is 1. The Morgan fingerprint density at radius 3 is 3.16 bits per heavy atom. The van der Waals surface area contributed by atoms with Crippen LogP contribution in [0.25, 0.3) is 0 Å². The summed E-state index contributed by atoms with van der Waals surface area (Å²) in [6.07, 6.45) is 1.37. The molecule has 108 valence electrons. The zero-order valence-electron chi connectivity index (χ0n) is 12.2. The van der Waals surface area contributed by atoms with E-state index >= 15 is 0 Å². The van der Waals surface area contributed by atoms with Crippen LogP contribution in [0.3, 0.4) is 0 Å². The molecule has 0 spiro atoms. The van der Waals surface area contributed by atoms with Gasteiger partial charge in [0.15, 0.2) is 0 Å². The second-order valence-electron chi connectivity index (χ2n) is 5.37. The first kappa shape index (κ1) is 14.9. The molecule has 5 heteroatoms. The smallest absolute Gasteiger partial charge is 0.123 e. The summed E-state index contributed by atoms with van der Waals surface area (Å²) >= 11 is 1.73. The predicted molar refractivity (Wildman–Crippen MR) is 79.5 cm³/mol. The number of hydrogen-bond donors (Lipinski definition) is 1. The third-order valence-electron chi connectivity index (χ3n) is 3.23. The van der Waals surface area contributed by atoms with Gasteiger partial charge in [-0.15, -0.1) is 11.3 Å². The minimum atomic E-state index is 0.165. The zero-order chi connectivity index (χ0) is 13.7. The topological polar surface area (TPSA) is 37.4 Å². The van der Waals surface area contributed by atoms with Crippen molar-refractivity contribution in [3.8, 4) is 0 Å². The number of aromatic nitrogens is 1. The van der Waals surface area contributed by atoms with E-state index in [0.29, 0.717) is 6.04 Å². The maximum absolute atomic E-state index is 5.87. The van der Waals surface area contributed by atoms with Crippen molar-refractivity contribution in [2.24, 2.45) is 0 Å². The Hall–Kier alpha value is -0.490. The number of nitrogens with zero attached hydrogens (tertiary/aromatic N) is 2. The molecular weight excluding hydrogens is 258 g/mol. The number of hydrogen-bond acceptors (Lipinski definition) is 5. The summed E-state index contributed by atoms with van der Waals surface area (Å²) in [7, 11) is 0. The van der Waals surface area contributed by atoms with Crippen LogP contribution in [0.2, 0.25) is 0 Å². The molecule has 1 atom stereocenters. The van der Waals surface area contributed by atoms with Gasteiger partial charge in [-0.1, -0.05) is 20.8 Å². The maximum atomic E-state index is 5.87. The van der Waals surface area contributed by atoms with Crippen LogP contribution in [0.4, 0.5) is 0 Å². The Bertz CT molecular complexity index is 379. The van der Waals surface area contributed by atoms with Crippen LogP contribution >= 0.6 is 11.3 Å². The highest BCUT2D eigenvalue weighted by Gasteiger charge is 2.23. The van der Waals surface area contributed by atoms with E-state index in [0.717, 1.165) is 43.5 Å². The number of thiazole rings is 1. The summed E-state index contributed by atoms with van der Waals surface area (Å²) in [6.45, 7) is 11.4. The molecule has 1 aliphatic rings. The fourth-order valence-electron chi connectivity index (χ4n) is 2.23. The van der Waals surface area contributed by atoms with Crippen molar-refractivity contribution in [2.75, 3.05) is 26.2 Å². The van der Waals surface area contributed by atoms with Gasteiger partial charge in [0.05, 0.1) is 12.3 Å². The molecule has 19 heavy (non-hydrogen) atoms. The van der Waals surface area contributed by atoms with Crippen molar-refractivity contribution in [3.05, 3.63) is 16.1 Å². The molecule has 0 saturated carbocycles. The summed E-state index contributed by atoms with van der Waals surface area (Å²) in [6, 6.07) is 0.496. The minimum absolute atomic E-state index is 0.165. The average molecular weight is 283 g/mol. The van der Waals surface area contributed by atoms with Gasteiger partial charge in [0.25, 0.3) is 0 Å². The monoisotopic (exact) mass is 283 g/mol. The van der Waals surface area contributed by atoms with Crippen LogP contribution in [-0.2, 0) is 11.3 Å². The number of ether oxygens (including phenoxy) is 1. The summed E-state index contributed by atoms with van der Waals surface area (Å²) in [4.78, 5) is 7.18. The standard InChI is InChI=1S/C14H25N3OS/c1-4-5-17-6-7-18-13(9-17)14-16-12(10-19-14)8-15-11(2)3/h10-11,13,15H,4-9H2,1-3H3. The molecule has 0 aromatic carbocycles. The summed E-state index contributed by atoms with van der Waals surface area (Å²) in [5, 5.41) is 6.67. The molecular formula is C14H25N3OS. The van der Waals surface area contributed by atoms with E-state index in [1.165, 1.54) is 6.42 Å². The van der Waals surface area contributed by atoms with E-state index in [1.807, 2.05) is 0 Å². The molecule has 1 N–H and O–H groups in total. The Kier molecular flexibility index (Phi) is 5.76. The third kappa shape index (κ3) is 4.53. The lowest BCUT2D eigenvalue weighted by atomic mass is 10.2. The molecule has 0 radical (unpaired) electrons. The van der Waals surface area contributed by atoms with Crippen molar-refractivity contribution in [2.45, 2.75) is 45.9 Å². The largest absolute Gasteiger partial charge is 0.368 e. The first-order valence-corrected chi connectivity index (χ1v) is 8.08. The van der Waals surface area contributed by atoms with Crippen LogP contribution in [0.15, 0.2) is 5.38 Å². The Morgan fingerprint density at radius 2 is 2.42 bits per heavy atom. The molecule has 0 bridgehead atoms. The molecule has 1 aromatic rings. The molecule has 4 nitrogen and oxygen atoms in total. The summed E-state index contributed by atoms with van der Waals surface area (Å²) in [5.74, 6) is 0. The Labute approximate surface area is 120 Å². The van der Waals surface area contributed by atoms with Crippen molar-refractivity contribution in [3.63, 3.8) is 0 Å². The lowest BCUT2D eigenvalue weighted by Gasteiger charge is -2.31. The molecule has 1 aliphatic heterocycles. The Balaban J connectivity index is 1.90. The van der Waals surface area contributed by atoms with E-state index in [2.05, 4.69) is 36.4 Å². The highest BCUT2D eigenvalue weighted by atomic mass is 32.1. The molecule has 1 saturated heterocycles. The second kappa shape index (κ2) is 7.33. The first-order valence-electron chi connectivity index (χ1n) is 7.20. The van der Waals surface area contributed by atoms with Crippen molar-refractivity contribution in [1.29, 1.82) is 0 Å². The highest BCUT2D eigenvalue weighted by Crippen LogP contribution is 2.25. The lowest BCUT2D eigenvalue weighted by molar-refractivity contribution is -0.0299. The van der Waals surface area contributed by atoms with Gasteiger partial charge < -0.3 is 10.1 Å². The molecule has 2 heterocycles. The fraction of sp³-hybridized carbons (Fsp3) is 0.786. The van der Waals surface area contributed by atoms with Gasteiger partial charge in [0, 0.05) is 31.1 Å². The lowest BCUT2D eigenvalue weighted by Crippen LogP contribution is -2.38. The van der Waals surface area contributed by atoms with E-state index in [9.17, 15) is 0 Å². The van der Waals surface area contributed by atoms with Crippen molar-refractivity contribution < 1.29 is 4.74 Å². The maximum Gasteiger partial charge on any atom is 0.123 e. The zero-order valence-corrected chi connectivity index (χ0v) is 13.0. The van der Waals surface area contributed by atoms with Gasteiger partial charge in [0.1, 0.15) is 11.1 Å². The molecule has 1 aromatic heterocycles. The highest BCUT2D eigenvalue weighted by molar-refractivity contribution is 7.09. The van der Waals surface area contributed by atoms with Gasteiger partial charge in [-0.25, -0.2) is 4.98 Å². The Morgan fingerprint density at radius 1 is 1.58 bits per heavy atom. The second-order valence-corrected chi connectivity index (χ2v) is 6.26. The number of rotatable bonds is 6. The SMILES string of the molecule is CCCN1CCOC(c2nc(CNC(C)C)cs2)C1. The minimum Gasteiger partial charge on any atom is -0.368 e. The molecule has 0 amide bonds. The van der Waals surface area contributed by atoms with Gasteiger partial charge in [-0.05, 0) is 13.0 Å². The van der Waals surface area contributed by atoms with Crippen LogP contribution in [0.5, 0.6) is 0 Å². The predicted octanol–water partition coefficient (Wildman–Crippen LogP) is 2.42. The van der Waals surface area contributed by atoms with Gasteiger partial charge in [-0.3, -0.25) is 4.90 Å². The van der Waals surface area contributed by atoms with Gasteiger partial charge in [0.2, 0.25) is 0 Å². The first-order chi connectivity index (χ1) is 9.19. The molecule has 1 unspecified atom stereocenters. The van der Waals surface area contributed by atoms with E-state index in [4.69, 9.17) is 9.72 Å². The van der Waals surface area contributed by atoms with Crippen LogP contribution in [0, 0.1) is 0 Å². The molecule has 2 rings (SSSR count). The van der Waals surface area contributed by atoms with Crippen LogP contribution in [0.1, 0.15) is 44.0 Å². The van der Waals surface area contributed by atoms with E-state index in [-0.39, 0.29) is 6.10 Å². The van der Waals surface area contributed by atoms with E-state index < -0.39 is 0 Å². The summed E-state index contributed by atoms with van der Waals surface area (Å²) < 4.78 is 5.87. The normalized spacial score (nSPS) is 21.2. The summed E-state index contributed by atoms with van der Waals surface area (Å²) in [5.41, 5.74) is 1.13.